The quantitative estimate of drug-likeness (QED) is 0.627. The van der Waals surface area contributed by atoms with Gasteiger partial charge in [-0.1, -0.05) is 6.42 Å². The van der Waals surface area contributed by atoms with Crippen LogP contribution in [0.3, 0.4) is 0 Å². The van der Waals surface area contributed by atoms with E-state index < -0.39 is 11.6 Å². The lowest BCUT2D eigenvalue weighted by Crippen LogP contribution is -2.50. The van der Waals surface area contributed by atoms with E-state index in [1.54, 1.807) is 29.2 Å². The van der Waals surface area contributed by atoms with Gasteiger partial charge in [-0.05, 0) is 61.9 Å². The molecule has 0 saturated heterocycles. The summed E-state index contributed by atoms with van der Waals surface area (Å²) in [5, 5.41) is 0. The Balaban J connectivity index is 1.40. The van der Waals surface area contributed by atoms with Crippen molar-refractivity contribution in [2.24, 2.45) is 5.92 Å². The van der Waals surface area contributed by atoms with Crippen LogP contribution >= 0.6 is 0 Å². The molecule has 166 valence electrons. The van der Waals surface area contributed by atoms with Gasteiger partial charge in [0.05, 0.1) is 12.0 Å². The Morgan fingerprint density at radius 1 is 1.06 bits per heavy atom. The number of amides is 1. The molecule has 32 heavy (non-hydrogen) atoms. The molecule has 3 heterocycles. The Kier molecular flexibility index (Phi) is 5.15. The summed E-state index contributed by atoms with van der Waals surface area (Å²) in [6.45, 7) is 2.71. The van der Waals surface area contributed by atoms with Crippen molar-refractivity contribution in [1.82, 2.24) is 19.0 Å². The summed E-state index contributed by atoms with van der Waals surface area (Å²) in [7, 11) is 0. The van der Waals surface area contributed by atoms with Crippen LogP contribution in [0.25, 0.3) is 5.69 Å². The van der Waals surface area contributed by atoms with Gasteiger partial charge < -0.3 is 14.0 Å². The van der Waals surface area contributed by atoms with Crippen LogP contribution in [0, 0.1) is 24.5 Å². The van der Waals surface area contributed by atoms with E-state index in [0.717, 1.165) is 31.0 Å². The van der Waals surface area contributed by atoms with E-state index in [0.29, 0.717) is 36.5 Å². The van der Waals surface area contributed by atoms with Crippen LogP contribution in [0.5, 0.6) is 0 Å². The van der Waals surface area contributed by atoms with Gasteiger partial charge in [0.25, 0.3) is 11.5 Å². The Bertz CT molecular complexity index is 1230. The summed E-state index contributed by atoms with van der Waals surface area (Å²) in [4.78, 5) is 32.4. The van der Waals surface area contributed by atoms with E-state index in [-0.39, 0.29) is 23.4 Å². The average Bonchev–Trinajstić information content (AvgIpc) is 3.37. The van der Waals surface area contributed by atoms with Crippen molar-refractivity contribution in [1.29, 1.82) is 0 Å². The largest absolute Gasteiger partial charge is 0.332 e. The highest BCUT2D eigenvalue weighted by molar-refractivity contribution is 5.93. The summed E-state index contributed by atoms with van der Waals surface area (Å²) in [5.41, 5.74) is 2.04. The number of halogens is 2. The van der Waals surface area contributed by atoms with E-state index >= 15 is 0 Å². The molecule has 0 unspecified atom stereocenters. The third kappa shape index (κ3) is 3.63. The van der Waals surface area contributed by atoms with Crippen LogP contribution < -0.4 is 5.56 Å². The number of aryl methyl sites for hydroxylation is 1. The lowest BCUT2D eigenvalue weighted by Gasteiger charge is -2.37. The van der Waals surface area contributed by atoms with Crippen LogP contribution in [0.4, 0.5) is 8.78 Å². The standard InChI is InChI=1S/C24H24F2N4O2/c1-15-13-28(14-27-15)21-5-6-22-24(32)29(7-8-30(22)23(21)31)20-4-2-3-17(20)9-16-10-18(25)12-19(26)11-16/h5-6,10-14,17,20H,2-4,7-9H2,1H3/t17-,20-/m0/s1. The van der Waals surface area contributed by atoms with Gasteiger partial charge in [0, 0.05) is 31.4 Å². The maximum Gasteiger partial charge on any atom is 0.275 e. The molecule has 0 bridgehead atoms. The molecule has 1 aliphatic carbocycles. The highest BCUT2D eigenvalue weighted by atomic mass is 19.1. The molecule has 5 rings (SSSR count). The second-order valence-electron chi connectivity index (χ2n) is 8.72. The molecule has 3 aromatic rings. The number of rotatable bonds is 4. The topological polar surface area (TPSA) is 60.1 Å². The van der Waals surface area contributed by atoms with Crippen molar-refractivity contribution >= 4 is 5.91 Å². The van der Waals surface area contributed by atoms with Crippen LogP contribution in [0.15, 0.2) is 47.7 Å². The minimum atomic E-state index is -0.583. The Morgan fingerprint density at radius 3 is 2.56 bits per heavy atom. The zero-order chi connectivity index (χ0) is 22.4. The molecule has 1 fully saturated rings. The number of carbonyl (C=O) groups is 1. The molecule has 1 amide bonds. The molecule has 2 atom stereocenters. The van der Waals surface area contributed by atoms with Crippen LogP contribution in [0.1, 0.15) is 41.0 Å². The molecule has 1 aliphatic heterocycles. The van der Waals surface area contributed by atoms with Crippen molar-refractivity contribution < 1.29 is 13.6 Å². The van der Waals surface area contributed by atoms with Gasteiger partial charge in [-0.2, -0.15) is 0 Å². The predicted molar refractivity (Wildman–Crippen MR) is 115 cm³/mol. The fraction of sp³-hybridized carbons (Fsp3) is 0.375. The molecule has 1 aromatic carbocycles. The maximum atomic E-state index is 13.6. The highest BCUT2D eigenvalue weighted by Crippen LogP contribution is 2.34. The van der Waals surface area contributed by atoms with E-state index in [2.05, 4.69) is 4.98 Å². The number of fused-ring (bicyclic) bond motifs is 1. The van der Waals surface area contributed by atoms with Crippen LogP contribution in [0.2, 0.25) is 0 Å². The molecule has 2 aromatic heterocycles. The van der Waals surface area contributed by atoms with Gasteiger partial charge >= 0.3 is 0 Å². The van der Waals surface area contributed by atoms with Gasteiger partial charge in [0.15, 0.2) is 0 Å². The number of hydrogen-bond donors (Lipinski definition) is 0. The summed E-state index contributed by atoms with van der Waals surface area (Å²) in [6, 6.07) is 6.96. The zero-order valence-corrected chi connectivity index (χ0v) is 17.8. The summed E-state index contributed by atoms with van der Waals surface area (Å²) < 4.78 is 30.5. The first-order chi connectivity index (χ1) is 15.4. The number of benzene rings is 1. The third-order valence-electron chi connectivity index (χ3n) is 6.63. The van der Waals surface area contributed by atoms with E-state index in [9.17, 15) is 18.4 Å². The van der Waals surface area contributed by atoms with Crippen LogP contribution in [-0.4, -0.2) is 37.5 Å². The first kappa shape index (κ1) is 20.6. The second-order valence-corrected chi connectivity index (χ2v) is 8.72. The van der Waals surface area contributed by atoms with Crippen molar-refractivity contribution in [3.8, 4) is 5.69 Å². The summed E-state index contributed by atoms with van der Waals surface area (Å²) in [6.07, 6.45) is 6.61. The first-order valence-electron chi connectivity index (χ1n) is 10.9. The minimum absolute atomic E-state index is 0.00587. The second kappa shape index (κ2) is 8.00. The maximum absolute atomic E-state index is 13.6. The fourth-order valence-corrected chi connectivity index (χ4v) is 5.20. The number of hydrogen-bond acceptors (Lipinski definition) is 3. The van der Waals surface area contributed by atoms with Gasteiger partial charge in [0.2, 0.25) is 0 Å². The normalized spacial score (nSPS) is 20.6. The molecule has 6 nitrogen and oxygen atoms in total. The number of nitrogens with zero attached hydrogens (tertiary/aromatic N) is 4. The molecule has 2 aliphatic rings. The zero-order valence-electron chi connectivity index (χ0n) is 17.8. The monoisotopic (exact) mass is 438 g/mol. The Hall–Kier alpha value is -3.29. The highest BCUT2D eigenvalue weighted by Gasteiger charge is 2.38. The van der Waals surface area contributed by atoms with Gasteiger partial charge in [0.1, 0.15) is 23.0 Å². The average molecular weight is 438 g/mol. The molecule has 0 radical (unpaired) electrons. The van der Waals surface area contributed by atoms with E-state index in [1.165, 1.54) is 16.7 Å². The van der Waals surface area contributed by atoms with Gasteiger partial charge in [-0.15, -0.1) is 0 Å². The van der Waals surface area contributed by atoms with Crippen molar-refractivity contribution in [2.75, 3.05) is 6.54 Å². The molecule has 8 heteroatoms. The number of carbonyl (C=O) groups excluding carboxylic acids is 1. The first-order valence-corrected chi connectivity index (χ1v) is 10.9. The Morgan fingerprint density at radius 2 is 1.84 bits per heavy atom. The number of pyridine rings is 1. The molecule has 0 N–H and O–H groups in total. The van der Waals surface area contributed by atoms with E-state index in [4.69, 9.17) is 0 Å². The summed E-state index contributed by atoms with van der Waals surface area (Å²) in [5.74, 6) is -1.20. The van der Waals surface area contributed by atoms with Crippen LogP contribution in [-0.2, 0) is 13.0 Å². The molecular formula is C24H24F2N4O2. The fourth-order valence-electron chi connectivity index (χ4n) is 5.20. The predicted octanol–water partition coefficient (Wildman–Crippen LogP) is 3.49. The SMILES string of the molecule is Cc1cn(-c2ccc3n(c2=O)CCN([C@H]2CCC[C@H]2Cc2cc(F)cc(F)c2)C3=O)cn1. The lowest BCUT2D eigenvalue weighted by atomic mass is 9.93. The van der Waals surface area contributed by atoms with Crippen molar-refractivity contribution in [3.05, 3.63) is 81.8 Å². The minimum Gasteiger partial charge on any atom is -0.332 e. The van der Waals surface area contributed by atoms with E-state index in [1.807, 2.05) is 11.8 Å². The Labute approximate surface area is 184 Å². The third-order valence-corrected chi connectivity index (χ3v) is 6.63. The molecular weight excluding hydrogens is 414 g/mol. The van der Waals surface area contributed by atoms with Crippen molar-refractivity contribution in [2.45, 2.75) is 45.2 Å². The smallest absolute Gasteiger partial charge is 0.275 e. The molecule has 0 spiro atoms. The number of aromatic nitrogens is 3. The summed E-state index contributed by atoms with van der Waals surface area (Å²) >= 11 is 0. The van der Waals surface area contributed by atoms with Gasteiger partial charge in [-0.25, -0.2) is 13.8 Å². The number of imidazole rings is 1. The van der Waals surface area contributed by atoms with Gasteiger partial charge in [-0.3, -0.25) is 9.59 Å². The van der Waals surface area contributed by atoms with Crippen molar-refractivity contribution in [3.63, 3.8) is 0 Å². The molecule has 1 saturated carbocycles. The lowest BCUT2D eigenvalue weighted by molar-refractivity contribution is 0.0566.